The number of hydrogen-bond donors (Lipinski definition) is 3. The number of hydrogen-bond acceptors (Lipinski definition) is 4. The largest absolute Gasteiger partial charge is 0.312 e. The highest BCUT2D eigenvalue weighted by Crippen LogP contribution is 2.16. The van der Waals surface area contributed by atoms with Crippen LogP contribution in [0.4, 0.5) is 5.82 Å². The molecule has 1 aliphatic rings. The Morgan fingerprint density at radius 2 is 2.53 bits per heavy atom. The Morgan fingerprint density at radius 3 is 3.18 bits per heavy atom. The Bertz CT molecular complexity index is 396. The molecule has 1 fully saturated rings. The van der Waals surface area contributed by atoms with Crippen LogP contribution in [0.1, 0.15) is 6.04 Å². The lowest BCUT2D eigenvalue weighted by Gasteiger charge is -2.28. The van der Waals surface area contributed by atoms with Gasteiger partial charge in [0.1, 0.15) is 5.82 Å². The van der Waals surface area contributed by atoms with Crippen molar-refractivity contribution in [3.05, 3.63) is 24.9 Å². The van der Waals surface area contributed by atoms with Gasteiger partial charge in [-0.3, -0.25) is 4.79 Å². The molecule has 0 aliphatic carbocycles. The van der Waals surface area contributed by atoms with Crippen molar-refractivity contribution in [3.63, 3.8) is 0 Å². The van der Waals surface area contributed by atoms with E-state index in [2.05, 4.69) is 27.6 Å². The maximum Gasteiger partial charge on any atom is 0.239 e. The van der Waals surface area contributed by atoms with E-state index in [1.165, 1.54) is 0 Å². The summed E-state index contributed by atoms with van der Waals surface area (Å²) in [5.74, 6) is 0.683. The second-order valence-corrected chi connectivity index (χ2v) is 3.94. The molecule has 1 aromatic rings. The van der Waals surface area contributed by atoms with Gasteiger partial charge in [0, 0.05) is 25.7 Å². The third kappa shape index (κ3) is 2.92. The summed E-state index contributed by atoms with van der Waals surface area (Å²) >= 11 is 0. The van der Waals surface area contributed by atoms with Crippen LogP contribution in [0, 0.1) is 0 Å². The van der Waals surface area contributed by atoms with Gasteiger partial charge in [-0.15, -0.1) is 6.58 Å². The number of nitrogens with one attached hydrogen (secondary N) is 3. The van der Waals surface area contributed by atoms with E-state index < -0.39 is 0 Å². The molecule has 3 N–H and O–H groups in total. The van der Waals surface area contributed by atoms with Gasteiger partial charge in [-0.05, 0) is 0 Å². The van der Waals surface area contributed by atoms with E-state index in [9.17, 15) is 4.79 Å². The summed E-state index contributed by atoms with van der Waals surface area (Å²) in [5, 5.41) is 13.2. The molecular weight excluding hydrogens is 218 g/mol. The summed E-state index contributed by atoms with van der Waals surface area (Å²) in [6.07, 6.45) is 3.42. The highest BCUT2D eigenvalue weighted by molar-refractivity contribution is 5.91. The van der Waals surface area contributed by atoms with E-state index in [0.717, 1.165) is 18.9 Å². The molecule has 92 valence electrons. The van der Waals surface area contributed by atoms with Crippen molar-refractivity contribution in [1.29, 1.82) is 0 Å². The van der Waals surface area contributed by atoms with Crippen LogP contribution >= 0.6 is 0 Å². The minimum Gasteiger partial charge on any atom is -0.312 e. The molecule has 0 unspecified atom stereocenters. The van der Waals surface area contributed by atoms with Crippen molar-refractivity contribution >= 4 is 11.7 Å². The zero-order valence-electron chi connectivity index (χ0n) is 9.65. The molecule has 1 aliphatic heterocycles. The fourth-order valence-electron chi connectivity index (χ4n) is 1.63. The Morgan fingerprint density at radius 1 is 1.71 bits per heavy atom. The smallest absolute Gasteiger partial charge is 0.239 e. The molecule has 6 nitrogen and oxygen atoms in total. The quantitative estimate of drug-likeness (QED) is 0.469. The van der Waals surface area contributed by atoms with Crippen LogP contribution in [0.15, 0.2) is 24.9 Å². The summed E-state index contributed by atoms with van der Waals surface area (Å²) in [6, 6.07) is 2.16. The van der Waals surface area contributed by atoms with Crippen molar-refractivity contribution in [2.75, 3.05) is 31.5 Å². The third-order valence-electron chi connectivity index (χ3n) is 2.62. The minimum atomic E-state index is -0.0686. The predicted octanol–water partition coefficient (Wildman–Crippen LogP) is -0.258. The number of amides is 1. The second-order valence-electron chi connectivity index (χ2n) is 3.94. The van der Waals surface area contributed by atoms with Crippen molar-refractivity contribution < 1.29 is 4.79 Å². The topological polar surface area (TPSA) is 71.0 Å². The molecule has 2 rings (SSSR count). The van der Waals surface area contributed by atoms with Crippen molar-refractivity contribution in [3.8, 4) is 0 Å². The number of nitrogens with zero attached hydrogens (tertiary/aromatic N) is 2. The molecule has 1 amide bonds. The predicted molar refractivity (Wildman–Crippen MR) is 65.8 cm³/mol. The fourth-order valence-corrected chi connectivity index (χ4v) is 1.63. The molecule has 0 aromatic carbocycles. The first kappa shape index (κ1) is 11.8. The van der Waals surface area contributed by atoms with Crippen LogP contribution in [-0.4, -0.2) is 41.9 Å². The lowest BCUT2D eigenvalue weighted by Crippen LogP contribution is -2.44. The van der Waals surface area contributed by atoms with Crippen LogP contribution in [-0.2, 0) is 4.79 Å². The van der Waals surface area contributed by atoms with Gasteiger partial charge in [0.05, 0.1) is 18.8 Å². The van der Waals surface area contributed by atoms with Crippen molar-refractivity contribution in [1.82, 2.24) is 20.4 Å². The van der Waals surface area contributed by atoms with Gasteiger partial charge in [0.2, 0.25) is 5.91 Å². The summed E-state index contributed by atoms with van der Waals surface area (Å²) < 4.78 is 1.85. The Hall–Kier alpha value is -1.66. The van der Waals surface area contributed by atoms with E-state index in [4.69, 9.17) is 0 Å². The summed E-state index contributed by atoms with van der Waals surface area (Å²) in [4.78, 5) is 11.6. The molecule has 2 heterocycles. The molecule has 0 saturated carbocycles. The highest BCUT2D eigenvalue weighted by Gasteiger charge is 2.21. The Kier molecular flexibility index (Phi) is 3.89. The number of carbonyl (C=O) groups is 1. The van der Waals surface area contributed by atoms with E-state index in [1.54, 1.807) is 12.3 Å². The summed E-state index contributed by atoms with van der Waals surface area (Å²) in [5.41, 5.74) is 0. The third-order valence-corrected chi connectivity index (χ3v) is 2.62. The van der Waals surface area contributed by atoms with E-state index in [-0.39, 0.29) is 12.5 Å². The van der Waals surface area contributed by atoms with Gasteiger partial charge >= 0.3 is 0 Å². The molecule has 0 spiro atoms. The molecule has 0 radical (unpaired) electrons. The highest BCUT2D eigenvalue weighted by atomic mass is 16.2. The van der Waals surface area contributed by atoms with Gasteiger partial charge in [0.25, 0.3) is 0 Å². The average molecular weight is 235 g/mol. The second kappa shape index (κ2) is 5.60. The lowest BCUT2D eigenvalue weighted by atomic mass is 10.2. The van der Waals surface area contributed by atoms with Crippen molar-refractivity contribution in [2.24, 2.45) is 0 Å². The van der Waals surface area contributed by atoms with Crippen LogP contribution < -0.4 is 16.0 Å². The molecule has 1 saturated heterocycles. The first-order valence-corrected chi connectivity index (χ1v) is 5.67. The zero-order valence-corrected chi connectivity index (χ0v) is 9.65. The van der Waals surface area contributed by atoms with Crippen molar-refractivity contribution in [2.45, 2.75) is 6.04 Å². The molecule has 0 atom stereocenters. The first-order valence-electron chi connectivity index (χ1n) is 5.67. The number of aromatic nitrogens is 2. The minimum absolute atomic E-state index is 0.0686. The maximum atomic E-state index is 11.6. The Labute approximate surface area is 100 Å². The monoisotopic (exact) mass is 235 g/mol. The molecule has 6 heteroatoms. The maximum absolute atomic E-state index is 11.6. The number of carbonyl (C=O) groups excluding carboxylic acids is 1. The fraction of sp³-hybridized carbons (Fsp3) is 0.455. The summed E-state index contributed by atoms with van der Waals surface area (Å²) in [6.45, 7) is 6.28. The van der Waals surface area contributed by atoms with Gasteiger partial charge in [-0.2, -0.15) is 5.10 Å². The Balaban J connectivity index is 1.87. The standard InChI is InChI=1S/C11H17N5O/c1-2-4-12-8-11(17)15-10-3-5-14-16(10)9-6-13-7-9/h2-3,5,9,12-13H,1,4,6-8H2,(H,15,17). The van der Waals surface area contributed by atoms with Gasteiger partial charge in [0.15, 0.2) is 0 Å². The zero-order chi connectivity index (χ0) is 12.1. The van der Waals surface area contributed by atoms with E-state index in [1.807, 2.05) is 10.7 Å². The molecular formula is C11H17N5O. The normalized spacial score (nSPS) is 15.3. The van der Waals surface area contributed by atoms with E-state index in [0.29, 0.717) is 12.6 Å². The first-order chi connectivity index (χ1) is 8.31. The SMILES string of the molecule is C=CCNCC(=O)Nc1ccnn1C1CNC1. The lowest BCUT2D eigenvalue weighted by molar-refractivity contribution is -0.115. The summed E-state index contributed by atoms with van der Waals surface area (Å²) in [7, 11) is 0. The van der Waals surface area contributed by atoms with Gasteiger partial charge in [-0.1, -0.05) is 6.08 Å². The molecule has 17 heavy (non-hydrogen) atoms. The van der Waals surface area contributed by atoms with Crippen LogP contribution in [0.3, 0.4) is 0 Å². The van der Waals surface area contributed by atoms with Crippen LogP contribution in [0.25, 0.3) is 0 Å². The van der Waals surface area contributed by atoms with Gasteiger partial charge in [-0.25, -0.2) is 4.68 Å². The average Bonchev–Trinajstić information content (AvgIpc) is 2.64. The van der Waals surface area contributed by atoms with E-state index >= 15 is 0 Å². The molecule has 1 aromatic heterocycles. The number of rotatable bonds is 6. The van der Waals surface area contributed by atoms with Gasteiger partial charge < -0.3 is 16.0 Å². The molecule has 0 bridgehead atoms. The van der Waals surface area contributed by atoms with Crippen LogP contribution in [0.5, 0.6) is 0 Å². The van der Waals surface area contributed by atoms with Crippen LogP contribution in [0.2, 0.25) is 0 Å². The number of anilines is 1.